The van der Waals surface area contributed by atoms with Gasteiger partial charge in [-0.2, -0.15) is 16.8 Å². The maximum atomic E-state index is 9.63. The van der Waals surface area contributed by atoms with Gasteiger partial charge in [0.05, 0.1) is 6.61 Å². The first kappa shape index (κ1) is 8.42. The van der Waals surface area contributed by atoms with Crippen LogP contribution >= 0.6 is 12.6 Å². The van der Waals surface area contributed by atoms with Crippen molar-refractivity contribution >= 4 is 24.0 Å². The Kier molecular flexibility index (Phi) is 5.85. The first-order valence-electron chi connectivity index (χ1n) is 2.10. The Morgan fingerprint density at radius 1 is 1.62 bits per heavy atom. The van der Waals surface area contributed by atoms with Gasteiger partial charge in [-0.05, 0) is 12.2 Å². The molecule has 0 aromatic carbocycles. The van der Waals surface area contributed by atoms with Crippen LogP contribution in [-0.2, 0) is 20.1 Å². The average Bonchev–Trinajstić information content (AvgIpc) is 1.66. The highest BCUT2D eigenvalue weighted by atomic mass is 32.2. The molecule has 5 heteroatoms. The molecule has 1 unspecified atom stereocenters. The van der Waals surface area contributed by atoms with Crippen molar-refractivity contribution in [3.63, 3.8) is 0 Å². The van der Waals surface area contributed by atoms with E-state index >= 15 is 0 Å². The lowest BCUT2D eigenvalue weighted by Gasteiger charge is -1.90. The zero-order valence-corrected chi connectivity index (χ0v) is 5.91. The van der Waals surface area contributed by atoms with E-state index in [1.54, 1.807) is 0 Å². The van der Waals surface area contributed by atoms with E-state index in [0.29, 0.717) is 12.2 Å². The minimum atomic E-state index is -2.35. The summed E-state index contributed by atoms with van der Waals surface area (Å²) in [6.07, 6.45) is 0.664. The molecule has 0 amide bonds. The number of thiol groups is 1. The highest BCUT2D eigenvalue weighted by Crippen LogP contribution is 1.86. The summed E-state index contributed by atoms with van der Waals surface area (Å²) in [6, 6.07) is 0. The van der Waals surface area contributed by atoms with Gasteiger partial charge in [0.2, 0.25) is 0 Å². The second-order valence-electron chi connectivity index (χ2n) is 1.10. The summed E-state index contributed by atoms with van der Waals surface area (Å²) in [4.78, 5) is 0. The highest BCUT2D eigenvalue weighted by Gasteiger charge is 1.91. The second kappa shape index (κ2) is 5.55. The summed E-state index contributed by atoms with van der Waals surface area (Å²) in [6.45, 7) is 0.236. The van der Waals surface area contributed by atoms with Crippen molar-refractivity contribution in [2.24, 2.45) is 0 Å². The monoisotopic (exact) mass is 155 g/mol. The molecule has 0 aromatic heterocycles. The summed E-state index contributed by atoms with van der Waals surface area (Å²) < 4.78 is 23.4. The molecule has 0 aliphatic carbocycles. The van der Waals surface area contributed by atoms with E-state index in [2.05, 4.69) is 16.8 Å². The predicted octanol–water partition coefficient (Wildman–Crippen LogP) is 0.332. The van der Waals surface area contributed by atoms with Crippen molar-refractivity contribution in [3.05, 3.63) is 0 Å². The molecule has 0 saturated heterocycles. The lowest BCUT2D eigenvalue weighted by atomic mass is 10.5. The van der Waals surface area contributed by atoms with Crippen molar-refractivity contribution in [2.45, 2.75) is 6.42 Å². The lowest BCUT2D eigenvalue weighted by molar-refractivity contribution is 0.285. The SMILES string of the molecule is [O]S(=O)OCCCS. The zero-order chi connectivity index (χ0) is 6.41. The lowest BCUT2D eigenvalue weighted by Crippen LogP contribution is -1.95. The fourth-order valence-corrected chi connectivity index (χ4v) is 0.575. The highest BCUT2D eigenvalue weighted by molar-refractivity contribution is 7.80. The summed E-state index contributed by atoms with van der Waals surface area (Å²) in [5.41, 5.74) is 0. The maximum absolute atomic E-state index is 9.63. The van der Waals surface area contributed by atoms with Crippen molar-refractivity contribution in [1.82, 2.24) is 0 Å². The van der Waals surface area contributed by atoms with Crippen LogP contribution < -0.4 is 0 Å². The van der Waals surface area contributed by atoms with Crippen molar-refractivity contribution in [2.75, 3.05) is 12.4 Å². The third-order valence-corrected chi connectivity index (χ3v) is 1.16. The largest absolute Gasteiger partial charge is 0.334 e. The van der Waals surface area contributed by atoms with Gasteiger partial charge in [-0.3, -0.25) is 4.18 Å². The Labute approximate surface area is 56.3 Å². The third-order valence-electron chi connectivity index (χ3n) is 0.482. The predicted molar refractivity (Wildman–Crippen MR) is 33.3 cm³/mol. The van der Waals surface area contributed by atoms with Gasteiger partial charge in [0.25, 0.3) is 0 Å². The van der Waals surface area contributed by atoms with Gasteiger partial charge < -0.3 is 0 Å². The molecule has 1 atom stereocenters. The molecular weight excluding hydrogens is 148 g/mol. The third kappa shape index (κ3) is 6.42. The first-order valence-corrected chi connectivity index (χ1v) is 3.74. The van der Waals surface area contributed by atoms with Crippen molar-refractivity contribution in [3.8, 4) is 0 Å². The van der Waals surface area contributed by atoms with Crippen LogP contribution in [0.1, 0.15) is 6.42 Å². The molecule has 0 N–H and O–H groups in total. The summed E-state index contributed by atoms with van der Waals surface area (Å²) >= 11 is 1.49. The van der Waals surface area contributed by atoms with Gasteiger partial charge in [-0.25, -0.2) is 0 Å². The Morgan fingerprint density at radius 2 is 2.25 bits per heavy atom. The van der Waals surface area contributed by atoms with Crippen molar-refractivity contribution in [1.29, 1.82) is 0 Å². The number of rotatable bonds is 4. The normalized spacial score (nSPS) is 13.8. The molecule has 0 saturated carbocycles. The molecule has 8 heavy (non-hydrogen) atoms. The van der Waals surface area contributed by atoms with Gasteiger partial charge >= 0.3 is 11.4 Å². The van der Waals surface area contributed by atoms with Gasteiger partial charge in [-0.15, -0.1) is 0 Å². The molecule has 49 valence electrons. The van der Waals surface area contributed by atoms with Crippen LogP contribution in [-0.4, -0.2) is 16.6 Å². The molecular formula is C3H7O3S2. The Hall–Kier alpha value is 0.420. The maximum Gasteiger partial charge on any atom is 0.334 e. The smallest absolute Gasteiger partial charge is 0.267 e. The van der Waals surface area contributed by atoms with Crippen molar-refractivity contribution < 1.29 is 12.9 Å². The van der Waals surface area contributed by atoms with Gasteiger partial charge in [0.15, 0.2) is 0 Å². The van der Waals surface area contributed by atoms with Gasteiger partial charge in [-0.1, -0.05) is 4.55 Å². The molecule has 0 rings (SSSR count). The molecule has 0 aliphatic rings. The fraction of sp³-hybridized carbons (Fsp3) is 1.00. The van der Waals surface area contributed by atoms with E-state index in [9.17, 15) is 8.76 Å². The molecule has 0 heterocycles. The first-order chi connectivity index (χ1) is 3.77. The van der Waals surface area contributed by atoms with E-state index in [1.165, 1.54) is 0 Å². The van der Waals surface area contributed by atoms with E-state index in [0.717, 1.165) is 0 Å². The Bertz CT molecular complexity index is 74.9. The van der Waals surface area contributed by atoms with E-state index in [-0.39, 0.29) is 6.61 Å². The molecule has 0 bridgehead atoms. The molecule has 3 nitrogen and oxygen atoms in total. The molecule has 0 spiro atoms. The summed E-state index contributed by atoms with van der Waals surface area (Å²) in [7, 11) is 0. The van der Waals surface area contributed by atoms with E-state index < -0.39 is 11.4 Å². The minimum Gasteiger partial charge on any atom is -0.267 e. The topological polar surface area (TPSA) is 46.2 Å². The van der Waals surface area contributed by atoms with E-state index in [4.69, 9.17) is 0 Å². The van der Waals surface area contributed by atoms with Crippen LogP contribution in [0.25, 0.3) is 0 Å². The summed E-state index contributed by atoms with van der Waals surface area (Å²) in [5, 5.41) is 0. The molecule has 0 aromatic rings. The minimum absolute atomic E-state index is 0.236. The van der Waals surface area contributed by atoms with Crippen LogP contribution in [0.4, 0.5) is 0 Å². The fourth-order valence-electron chi connectivity index (χ4n) is 0.192. The summed E-state index contributed by atoms with van der Waals surface area (Å²) in [5.74, 6) is 0.650. The Morgan fingerprint density at radius 3 is 2.62 bits per heavy atom. The van der Waals surface area contributed by atoms with Crippen LogP contribution in [0.15, 0.2) is 0 Å². The standard InChI is InChI=1S/C3H7O3S2/c4-8(5)6-2-1-3-7/h7H,1-3H2. The van der Waals surface area contributed by atoms with Crippen LogP contribution in [0.3, 0.4) is 0 Å². The van der Waals surface area contributed by atoms with Gasteiger partial charge in [0, 0.05) is 0 Å². The number of hydrogen-bond acceptors (Lipinski definition) is 3. The quantitative estimate of drug-likeness (QED) is 0.470. The zero-order valence-electron chi connectivity index (χ0n) is 4.20. The number of hydrogen-bond donors (Lipinski definition) is 1. The average molecular weight is 155 g/mol. The molecule has 0 aliphatic heterocycles. The molecule has 0 fully saturated rings. The van der Waals surface area contributed by atoms with Gasteiger partial charge in [0.1, 0.15) is 0 Å². The van der Waals surface area contributed by atoms with E-state index in [1.807, 2.05) is 0 Å². The second-order valence-corrected chi connectivity index (χ2v) is 2.19. The van der Waals surface area contributed by atoms with Crippen LogP contribution in [0.2, 0.25) is 0 Å². The Balaban J connectivity index is 2.82. The molecule has 1 radical (unpaired) electrons. The van der Waals surface area contributed by atoms with Crippen LogP contribution in [0, 0.1) is 0 Å². The van der Waals surface area contributed by atoms with Crippen LogP contribution in [0.5, 0.6) is 0 Å².